The topological polar surface area (TPSA) is 61.9 Å². The van der Waals surface area contributed by atoms with Gasteiger partial charge in [0.25, 0.3) is 5.91 Å². The molecule has 3 rings (SSSR count). The molecule has 0 unspecified atom stereocenters. The molecule has 1 heterocycles. The molecule has 1 saturated heterocycles. The Morgan fingerprint density at radius 3 is 2.22 bits per heavy atom. The third-order valence-corrected chi connectivity index (χ3v) is 5.97. The fourth-order valence-corrected chi connectivity index (χ4v) is 4.04. The van der Waals surface area contributed by atoms with Crippen LogP contribution in [0.2, 0.25) is 0 Å². The lowest BCUT2D eigenvalue weighted by Crippen LogP contribution is -2.54. The van der Waals surface area contributed by atoms with Crippen LogP contribution in [0.1, 0.15) is 53.6 Å². The number of hydrogen-bond acceptors (Lipinski definition) is 3. The number of nitrogens with one attached hydrogen (secondary N) is 1. The van der Waals surface area contributed by atoms with Crippen LogP contribution in [0.5, 0.6) is 5.75 Å². The summed E-state index contributed by atoms with van der Waals surface area (Å²) in [6, 6.07) is 4.02. The first-order chi connectivity index (χ1) is 13.0. The molecule has 0 radical (unpaired) electrons. The zero-order valence-electron chi connectivity index (χ0n) is 16.7. The van der Waals surface area contributed by atoms with Crippen LogP contribution in [-0.4, -0.2) is 61.1 Å². The number of hydrogen-bond donors (Lipinski definition) is 1. The summed E-state index contributed by atoms with van der Waals surface area (Å²) in [6.45, 7) is 6.23. The number of ether oxygens (including phenoxy) is 1. The molecular weight excluding hydrogens is 342 g/mol. The Kier molecular flexibility index (Phi) is 6.24. The summed E-state index contributed by atoms with van der Waals surface area (Å²) >= 11 is 0. The minimum atomic E-state index is 0.0190. The van der Waals surface area contributed by atoms with Crippen LogP contribution < -0.4 is 10.1 Å². The second-order valence-electron chi connectivity index (χ2n) is 7.63. The lowest BCUT2D eigenvalue weighted by molar-refractivity contribution is 0.0661. The summed E-state index contributed by atoms with van der Waals surface area (Å²) in [4.78, 5) is 29.1. The first kappa shape index (κ1) is 19.5. The van der Waals surface area contributed by atoms with Gasteiger partial charge in [0, 0.05) is 37.8 Å². The van der Waals surface area contributed by atoms with Gasteiger partial charge in [-0.15, -0.1) is 0 Å². The zero-order valence-corrected chi connectivity index (χ0v) is 16.7. The first-order valence-corrected chi connectivity index (χ1v) is 10.00. The monoisotopic (exact) mass is 373 g/mol. The molecule has 3 amide bonds. The minimum absolute atomic E-state index is 0.0190. The van der Waals surface area contributed by atoms with Crippen molar-refractivity contribution in [1.29, 1.82) is 0 Å². The summed E-state index contributed by atoms with van der Waals surface area (Å²) in [5.41, 5.74) is 2.67. The second-order valence-corrected chi connectivity index (χ2v) is 7.63. The van der Waals surface area contributed by atoms with E-state index >= 15 is 0 Å². The molecule has 1 saturated carbocycles. The van der Waals surface area contributed by atoms with Gasteiger partial charge in [-0.25, -0.2) is 4.79 Å². The predicted molar refractivity (Wildman–Crippen MR) is 105 cm³/mol. The van der Waals surface area contributed by atoms with E-state index in [2.05, 4.69) is 5.32 Å². The van der Waals surface area contributed by atoms with Gasteiger partial charge in [0.2, 0.25) is 0 Å². The van der Waals surface area contributed by atoms with E-state index in [1.807, 2.05) is 35.8 Å². The van der Waals surface area contributed by atoms with E-state index in [1.165, 1.54) is 19.3 Å². The smallest absolute Gasteiger partial charge is 0.317 e. The first-order valence-electron chi connectivity index (χ1n) is 10.00. The van der Waals surface area contributed by atoms with Crippen LogP contribution in [0.3, 0.4) is 0 Å². The van der Waals surface area contributed by atoms with Gasteiger partial charge in [0.05, 0.1) is 7.11 Å². The highest BCUT2D eigenvalue weighted by molar-refractivity contribution is 5.96. The summed E-state index contributed by atoms with van der Waals surface area (Å²) < 4.78 is 5.33. The highest BCUT2D eigenvalue weighted by Crippen LogP contribution is 2.25. The maximum absolute atomic E-state index is 12.9. The van der Waals surface area contributed by atoms with Crippen molar-refractivity contribution in [3.63, 3.8) is 0 Å². The third kappa shape index (κ3) is 4.37. The molecule has 148 valence electrons. The molecule has 0 spiro atoms. The van der Waals surface area contributed by atoms with Gasteiger partial charge in [0.1, 0.15) is 5.75 Å². The molecule has 1 N–H and O–H groups in total. The normalized spacial score (nSPS) is 18.3. The lowest BCUT2D eigenvalue weighted by atomic mass is 9.96. The molecule has 0 aromatic heterocycles. The Labute approximate surface area is 161 Å². The highest BCUT2D eigenvalue weighted by atomic mass is 16.5. The number of carbonyl (C=O) groups excluding carboxylic acids is 2. The highest BCUT2D eigenvalue weighted by Gasteiger charge is 2.27. The molecule has 1 aromatic rings. The van der Waals surface area contributed by atoms with Crippen LogP contribution >= 0.6 is 0 Å². The van der Waals surface area contributed by atoms with Crippen LogP contribution in [0, 0.1) is 13.8 Å². The molecule has 2 fully saturated rings. The number of amides is 3. The van der Waals surface area contributed by atoms with Crippen molar-refractivity contribution in [3.05, 3.63) is 28.8 Å². The number of benzene rings is 1. The van der Waals surface area contributed by atoms with E-state index in [1.54, 1.807) is 7.11 Å². The van der Waals surface area contributed by atoms with Crippen molar-refractivity contribution < 1.29 is 14.3 Å². The molecule has 2 aliphatic rings. The van der Waals surface area contributed by atoms with Gasteiger partial charge >= 0.3 is 6.03 Å². The number of urea groups is 1. The van der Waals surface area contributed by atoms with Gasteiger partial charge < -0.3 is 19.9 Å². The molecule has 6 heteroatoms. The fourth-order valence-electron chi connectivity index (χ4n) is 4.04. The zero-order chi connectivity index (χ0) is 19.4. The predicted octanol–water partition coefficient (Wildman–Crippen LogP) is 3.11. The van der Waals surface area contributed by atoms with Crippen molar-refractivity contribution >= 4 is 11.9 Å². The van der Waals surface area contributed by atoms with Gasteiger partial charge in [0.15, 0.2) is 0 Å². The second kappa shape index (κ2) is 8.63. The molecule has 1 aliphatic heterocycles. The Balaban J connectivity index is 1.56. The summed E-state index contributed by atoms with van der Waals surface area (Å²) in [7, 11) is 1.64. The van der Waals surface area contributed by atoms with Crippen LogP contribution in [0.25, 0.3) is 0 Å². The van der Waals surface area contributed by atoms with Crippen molar-refractivity contribution in [2.75, 3.05) is 33.3 Å². The van der Waals surface area contributed by atoms with E-state index in [-0.39, 0.29) is 11.9 Å². The minimum Gasteiger partial charge on any atom is -0.496 e. The quantitative estimate of drug-likeness (QED) is 0.886. The number of rotatable bonds is 3. The fraction of sp³-hybridized carbons (Fsp3) is 0.619. The SMILES string of the molecule is COc1ccc(C(=O)N2CCN(C(=O)NC3CCCCC3)CC2)c(C)c1C. The van der Waals surface area contributed by atoms with E-state index in [0.29, 0.717) is 37.8 Å². The molecule has 6 nitrogen and oxygen atoms in total. The molecule has 1 aromatic carbocycles. The van der Waals surface area contributed by atoms with E-state index < -0.39 is 0 Å². The summed E-state index contributed by atoms with van der Waals surface area (Å²) in [6.07, 6.45) is 5.85. The van der Waals surface area contributed by atoms with Crippen molar-refractivity contribution in [1.82, 2.24) is 15.1 Å². The Hall–Kier alpha value is -2.24. The number of carbonyl (C=O) groups is 2. The van der Waals surface area contributed by atoms with Crippen molar-refractivity contribution in [3.8, 4) is 5.75 Å². The van der Waals surface area contributed by atoms with Gasteiger partial charge in [-0.2, -0.15) is 0 Å². The van der Waals surface area contributed by atoms with Crippen LogP contribution in [0.15, 0.2) is 12.1 Å². The number of piperazine rings is 1. The van der Waals surface area contributed by atoms with Crippen LogP contribution in [-0.2, 0) is 0 Å². The largest absolute Gasteiger partial charge is 0.496 e. The molecule has 0 atom stereocenters. The van der Waals surface area contributed by atoms with E-state index in [9.17, 15) is 9.59 Å². The number of methoxy groups -OCH3 is 1. The van der Waals surface area contributed by atoms with Gasteiger partial charge in [-0.1, -0.05) is 19.3 Å². The van der Waals surface area contributed by atoms with E-state index in [4.69, 9.17) is 4.74 Å². The molecule has 27 heavy (non-hydrogen) atoms. The van der Waals surface area contributed by atoms with E-state index in [0.717, 1.165) is 29.7 Å². The van der Waals surface area contributed by atoms with Crippen molar-refractivity contribution in [2.24, 2.45) is 0 Å². The van der Waals surface area contributed by atoms with Crippen LogP contribution in [0.4, 0.5) is 4.79 Å². The maximum Gasteiger partial charge on any atom is 0.317 e. The Bertz CT molecular complexity index is 690. The lowest BCUT2D eigenvalue weighted by Gasteiger charge is -2.36. The average molecular weight is 373 g/mol. The number of nitrogens with zero attached hydrogens (tertiary/aromatic N) is 2. The summed E-state index contributed by atoms with van der Waals surface area (Å²) in [5, 5.41) is 3.16. The summed E-state index contributed by atoms with van der Waals surface area (Å²) in [5.74, 6) is 0.832. The Morgan fingerprint density at radius 2 is 1.59 bits per heavy atom. The maximum atomic E-state index is 12.9. The van der Waals surface area contributed by atoms with Gasteiger partial charge in [-0.05, 0) is 49.9 Å². The molecule has 0 bridgehead atoms. The average Bonchev–Trinajstić information content (AvgIpc) is 2.70. The standard InChI is InChI=1S/C21H31N3O3/c1-15-16(2)19(27-3)10-9-18(15)20(25)23-11-13-24(14-12-23)21(26)22-17-7-5-4-6-8-17/h9-10,17H,4-8,11-14H2,1-3H3,(H,22,26). The van der Waals surface area contributed by atoms with Gasteiger partial charge in [-0.3, -0.25) is 4.79 Å². The molecule has 1 aliphatic carbocycles. The Morgan fingerprint density at radius 1 is 0.963 bits per heavy atom. The van der Waals surface area contributed by atoms with Crippen molar-refractivity contribution in [2.45, 2.75) is 52.0 Å². The third-order valence-electron chi connectivity index (χ3n) is 5.97. The molecular formula is C21H31N3O3.